The van der Waals surface area contributed by atoms with Gasteiger partial charge >= 0.3 is 0 Å². The zero-order chi connectivity index (χ0) is 13.0. The quantitative estimate of drug-likeness (QED) is 0.813. The van der Waals surface area contributed by atoms with Gasteiger partial charge in [-0.25, -0.2) is 0 Å². The van der Waals surface area contributed by atoms with Crippen molar-refractivity contribution in [1.29, 1.82) is 0 Å². The van der Waals surface area contributed by atoms with Gasteiger partial charge in [-0.2, -0.15) is 0 Å². The molecule has 0 aliphatic rings. The smallest absolute Gasteiger partial charge is 0.133 e. The van der Waals surface area contributed by atoms with Crippen LogP contribution in [0.3, 0.4) is 0 Å². The number of aromatic nitrogens is 1. The van der Waals surface area contributed by atoms with Crippen LogP contribution in [-0.2, 0) is 13.1 Å². The second-order valence-corrected chi connectivity index (χ2v) is 4.45. The lowest BCUT2D eigenvalue weighted by Gasteiger charge is -2.15. The van der Waals surface area contributed by atoms with E-state index in [1.807, 2.05) is 25.1 Å². The third kappa shape index (κ3) is 3.34. The van der Waals surface area contributed by atoms with Gasteiger partial charge < -0.3 is 9.26 Å². The molecular weight excluding hydrogens is 228 g/mol. The maximum Gasteiger partial charge on any atom is 0.133 e. The van der Waals surface area contributed by atoms with E-state index in [4.69, 9.17) is 9.26 Å². The Bertz CT molecular complexity index is 491. The molecule has 0 spiro atoms. The molecule has 0 fully saturated rings. The van der Waals surface area contributed by atoms with E-state index in [0.29, 0.717) is 0 Å². The Morgan fingerprint density at radius 3 is 2.50 bits per heavy atom. The molecule has 4 nitrogen and oxygen atoms in total. The fraction of sp³-hybridized carbons (Fsp3) is 0.357. The van der Waals surface area contributed by atoms with E-state index in [2.05, 4.69) is 29.2 Å². The molecule has 0 bridgehead atoms. The van der Waals surface area contributed by atoms with Gasteiger partial charge in [-0.3, -0.25) is 4.90 Å². The molecule has 0 aliphatic carbocycles. The summed E-state index contributed by atoms with van der Waals surface area (Å²) in [7, 11) is 3.74. The van der Waals surface area contributed by atoms with Crippen molar-refractivity contribution >= 4 is 0 Å². The molecule has 0 atom stereocenters. The Morgan fingerprint density at radius 1 is 1.22 bits per heavy atom. The van der Waals surface area contributed by atoms with Gasteiger partial charge in [0.1, 0.15) is 11.5 Å². The molecule has 1 aromatic heterocycles. The number of rotatable bonds is 5. The fourth-order valence-electron chi connectivity index (χ4n) is 1.87. The molecule has 0 radical (unpaired) electrons. The van der Waals surface area contributed by atoms with Gasteiger partial charge in [0.25, 0.3) is 0 Å². The highest BCUT2D eigenvalue weighted by molar-refractivity contribution is 5.27. The summed E-state index contributed by atoms with van der Waals surface area (Å²) in [6, 6.07) is 10.1. The van der Waals surface area contributed by atoms with Gasteiger partial charge in [-0.05, 0) is 31.7 Å². The number of nitrogens with zero attached hydrogens (tertiary/aromatic N) is 2. The molecule has 2 aromatic rings. The Labute approximate surface area is 107 Å². The number of methoxy groups -OCH3 is 1. The SMILES string of the molecule is COc1ccc(CN(C)Cc2cc(C)on2)cc1. The predicted molar refractivity (Wildman–Crippen MR) is 69.4 cm³/mol. The summed E-state index contributed by atoms with van der Waals surface area (Å²) >= 11 is 0. The summed E-state index contributed by atoms with van der Waals surface area (Å²) in [5, 5.41) is 3.99. The van der Waals surface area contributed by atoms with Crippen molar-refractivity contribution in [2.45, 2.75) is 20.0 Å². The summed E-state index contributed by atoms with van der Waals surface area (Å²) in [5.41, 5.74) is 2.21. The van der Waals surface area contributed by atoms with E-state index in [9.17, 15) is 0 Å². The first-order chi connectivity index (χ1) is 8.67. The van der Waals surface area contributed by atoms with Crippen LogP contribution in [0, 0.1) is 6.92 Å². The minimum atomic E-state index is 0.781. The van der Waals surface area contributed by atoms with E-state index in [-0.39, 0.29) is 0 Å². The van der Waals surface area contributed by atoms with E-state index < -0.39 is 0 Å². The first-order valence-electron chi connectivity index (χ1n) is 5.91. The first-order valence-corrected chi connectivity index (χ1v) is 5.91. The molecule has 0 saturated heterocycles. The summed E-state index contributed by atoms with van der Waals surface area (Å²) in [6.45, 7) is 3.55. The molecule has 1 heterocycles. The average Bonchev–Trinajstić information content (AvgIpc) is 2.75. The lowest BCUT2D eigenvalue weighted by atomic mass is 10.2. The van der Waals surface area contributed by atoms with Crippen molar-refractivity contribution in [2.75, 3.05) is 14.2 Å². The Morgan fingerprint density at radius 2 is 1.94 bits per heavy atom. The maximum atomic E-state index is 5.14. The van der Waals surface area contributed by atoms with Crippen molar-refractivity contribution in [3.05, 3.63) is 47.3 Å². The maximum absolute atomic E-state index is 5.14. The van der Waals surface area contributed by atoms with Crippen molar-refractivity contribution < 1.29 is 9.26 Å². The Kier molecular flexibility index (Phi) is 3.99. The predicted octanol–water partition coefficient (Wildman–Crippen LogP) is 2.62. The summed E-state index contributed by atoms with van der Waals surface area (Å²) in [4.78, 5) is 2.19. The normalized spacial score (nSPS) is 10.9. The summed E-state index contributed by atoms with van der Waals surface area (Å²) in [6.07, 6.45) is 0. The molecule has 2 rings (SSSR count). The van der Waals surface area contributed by atoms with Crippen molar-refractivity contribution in [1.82, 2.24) is 10.1 Å². The number of hydrogen-bond acceptors (Lipinski definition) is 4. The lowest BCUT2D eigenvalue weighted by molar-refractivity contribution is 0.302. The average molecular weight is 246 g/mol. The monoisotopic (exact) mass is 246 g/mol. The van der Waals surface area contributed by atoms with Gasteiger partial charge in [-0.15, -0.1) is 0 Å². The molecule has 0 aliphatic heterocycles. The number of benzene rings is 1. The highest BCUT2D eigenvalue weighted by Crippen LogP contribution is 2.13. The van der Waals surface area contributed by atoms with Crippen molar-refractivity contribution in [3.63, 3.8) is 0 Å². The Balaban J connectivity index is 1.91. The highest BCUT2D eigenvalue weighted by Gasteiger charge is 2.05. The van der Waals surface area contributed by atoms with Gasteiger partial charge in [0.2, 0.25) is 0 Å². The standard InChI is InChI=1S/C14H18N2O2/c1-11-8-13(15-18-11)10-16(2)9-12-4-6-14(17-3)7-5-12/h4-8H,9-10H2,1-3H3. The van der Waals surface area contributed by atoms with Crippen LogP contribution in [0.1, 0.15) is 17.0 Å². The van der Waals surface area contributed by atoms with E-state index in [1.54, 1.807) is 7.11 Å². The molecule has 0 N–H and O–H groups in total. The van der Waals surface area contributed by atoms with Crippen molar-refractivity contribution in [3.8, 4) is 5.75 Å². The van der Waals surface area contributed by atoms with Gasteiger partial charge in [0.15, 0.2) is 0 Å². The third-order valence-electron chi connectivity index (χ3n) is 2.72. The molecule has 4 heteroatoms. The zero-order valence-corrected chi connectivity index (χ0v) is 11.0. The van der Waals surface area contributed by atoms with Crippen LogP contribution in [-0.4, -0.2) is 24.2 Å². The summed E-state index contributed by atoms with van der Waals surface area (Å²) in [5.74, 6) is 1.73. The zero-order valence-electron chi connectivity index (χ0n) is 11.0. The molecule has 0 saturated carbocycles. The highest BCUT2D eigenvalue weighted by atomic mass is 16.5. The van der Waals surface area contributed by atoms with Crippen LogP contribution in [0.5, 0.6) is 5.75 Å². The van der Waals surface area contributed by atoms with Gasteiger partial charge in [0, 0.05) is 19.2 Å². The minimum Gasteiger partial charge on any atom is -0.497 e. The van der Waals surface area contributed by atoms with Crippen molar-refractivity contribution in [2.24, 2.45) is 0 Å². The minimum absolute atomic E-state index is 0.781. The second kappa shape index (κ2) is 5.69. The Hall–Kier alpha value is -1.81. The molecule has 96 valence electrons. The van der Waals surface area contributed by atoms with Crippen LogP contribution in [0.15, 0.2) is 34.9 Å². The van der Waals surface area contributed by atoms with Gasteiger partial charge in [0.05, 0.1) is 12.8 Å². The van der Waals surface area contributed by atoms with Crippen LogP contribution >= 0.6 is 0 Å². The number of aryl methyl sites for hydroxylation is 1. The molecule has 1 aromatic carbocycles. The summed E-state index contributed by atoms with van der Waals surface area (Å²) < 4.78 is 10.2. The molecule has 18 heavy (non-hydrogen) atoms. The molecular formula is C14H18N2O2. The second-order valence-electron chi connectivity index (χ2n) is 4.45. The van der Waals surface area contributed by atoms with Crippen LogP contribution in [0.4, 0.5) is 0 Å². The third-order valence-corrected chi connectivity index (χ3v) is 2.72. The van der Waals surface area contributed by atoms with Gasteiger partial charge in [-0.1, -0.05) is 17.3 Å². The van der Waals surface area contributed by atoms with E-state index in [0.717, 1.165) is 30.3 Å². The van der Waals surface area contributed by atoms with Crippen LogP contribution in [0.2, 0.25) is 0 Å². The number of ether oxygens (including phenoxy) is 1. The number of hydrogen-bond donors (Lipinski definition) is 0. The lowest BCUT2D eigenvalue weighted by Crippen LogP contribution is -2.17. The molecule has 0 unspecified atom stereocenters. The van der Waals surface area contributed by atoms with Crippen LogP contribution in [0.25, 0.3) is 0 Å². The van der Waals surface area contributed by atoms with E-state index in [1.165, 1.54) is 5.56 Å². The fourth-order valence-corrected chi connectivity index (χ4v) is 1.87. The van der Waals surface area contributed by atoms with E-state index >= 15 is 0 Å². The van der Waals surface area contributed by atoms with Crippen LogP contribution < -0.4 is 4.74 Å². The largest absolute Gasteiger partial charge is 0.497 e. The topological polar surface area (TPSA) is 38.5 Å². The first kappa shape index (κ1) is 12.6. The molecule has 0 amide bonds.